The Hall–Kier alpha value is -2.27. The Morgan fingerprint density at radius 3 is 2.62 bits per heavy atom. The Balaban J connectivity index is 1.63. The minimum Gasteiger partial charge on any atom is -0.376 e. The van der Waals surface area contributed by atoms with Crippen LogP contribution in [0.1, 0.15) is 18.1 Å². The summed E-state index contributed by atoms with van der Waals surface area (Å²) < 4.78 is 7.82. The van der Waals surface area contributed by atoms with Crippen LogP contribution in [0, 0.1) is 5.92 Å². The molecule has 0 aliphatic rings. The van der Waals surface area contributed by atoms with Gasteiger partial charge in [0.2, 0.25) is 0 Å². The molecule has 0 saturated heterocycles. The van der Waals surface area contributed by atoms with Crippen molar-refractivity contribution in [3.05, 3.63) is 59.9 Å². The van der Waals surface area contributed by atoms with Crippen LogP contribution in [-0.2, 0) is 24.9 Å². The number of hydrogen-bond donors (Lipinski definition) is 2. The summed E-state index contributed by atoms with van der Waals surface area (Å²) in [6.07, 6.45) is 4.14. The first kappa shape index (κ1) is 18.1. The van der Waals surface area contributed by atoms with Gasteiger partial charge in [0.05, 0.1) is 13.2 Å². The number of ether oxygens (including phenoxy) is 1. The molecule has 1 unspecified atom stereocenters. The minimum atomic E-state index is 0.406. The van der Waals surface area contributed by atoms with Gasteiger partial charge < -0.3 is 19.9 Å². The molecular weight excluding hydrogens is 300 g/mol. The molecule has 0 aliphatic carbocycles. The number of aliphatic imine (C=N–C) groups is 1. The van der Waals surface area contributed by atoms with E-state index in [0.29, 0.717) is 12.5 Å². The molecule has 0 amide bonds. The van der Waals surface area contributed by atoms with Crippen LogP contribution in [0.15, 0.2) is 53.8 Å². The minimum absolute atomic E-state index is 0.406. The van der Waals surface area contributed by atoms with E-state index in [1.165, 1.54) is 11.1 Å². The average Bonchev–Trinajstić information content (AvgIpc) is 3.01. The first-order valence-corrected chi connectivity index (χ1v) is 8.34. The topological polar surface area (TPSA) is 50.6 Å². The molecule has 130 valence electrons. The maximum Gasteiger partial charge on any atom is 0.191 e. The van der Waals surface area contributed by atoms with Crippen LogP contribution in [0.3, 0.4) is 0 Å². The van der Waals surface area contributed by atoms with Crippen molar-refractivity contribution in [2.75, 3.05) is 20.2 Å². The fourth-order valence-corrected chi connectivity index (χ4v) is 2.35. The number of rotatable bonds is 8. The lowest BCUT2D eigenvalue weighted by Gasteiger charge is -2.16. The lowest BCUT2D eigenvalue weighted by Crippen LogP contribution is -2.39. The molecule has 0 radical (unpaired) electrons. The van der Waals surface area contributed by atoms with E-state index in [2.05, 4.69) is 46.9 Å². The van der Waals surface area contributed by atoms with Crippen molar-refractivity contribution in [3.8, 4) is 0 Å². The molecule has 2 rings (SSSR count). The van der Waals surface area contributed by atoms with Crippen LogP contribution in [0.5, 0.6) is 0 Å². The number of nitrogens with one attached hydrogen (secondary N) is 2. The Morgan fingerprint density at radius 2 is 1.96 bits per heavy atom. The third kappa shape index (κ3) is 6.46. The van der Waals surface area contributed by atoms with E-state index >= 15 is 0 Å². The third-order valence-corrected chi connectivity index (χ3v) is 3.71. The average molecular weight is 328 g/mol. The van der Waals surface area contributed by atoms with Gasteiger partial charge in [0.15, 0.2) is 5.96 Å². The molecule has 0 aliphatic heterocycles. The largest absolute Gasteiger partial charge is 0.376 e. The van der Waals surface area contributed by atoms with Gasteiger partial charge in [-0.3, -0.25) is 4.99 Å². The van der Waals surface area contributed by atoms with E-state index < -0.39 is 0 Å². The number of guanidine groups is 1. The second-order valence-corrected chi connectivity index (χ2v) is 6.10. The molecule has 1 aromatic heterocycles. The summed E-state index contributed by atoms with van der Waals surface area (Å²) in [5.41, 5.74) is 2.44. The summed E-state index contributed by atoms with van der Waals surface area (Å²) in [4.78, 5) is 4.26. The molecule has 24 heavy (non-hydrogen) atoms. The third-order valence-electron chi connectivity index (χ3n) is 3.71. The fourth-order valence-electron chi connectivity index (χ4n) is 2.35. The molecule has 0 fully saturated rings. The fraction of sp³-hybridized carbons (Fsp3) is 0.421. The van der Waals surface area contributed by atoms with Crippen LogP contribution in [-0.4, -0.2) is 30.7 Å². The molecular formula is C19H28N4O. The van der Waals surface area contributed by atoms with Crippen LogP contribution in [0.2, 0.25) is 0 Å². The smallest absolute Gasteiger partial charge is 0.191 e. The van der Waals surface area contributed by atoms with E-state index in [-0.39, 0.29) is 0 Å². The molecule has 1 atom stereocenters. The van der Waals surface area contributed by atoms with E-state index in [4.69, 9.17) is 4.74 Å². The van der Waals surface area contributed by atoms with Crippen molar-refractivity contribution in [2.24, 2.45) is 18.0 Å². The predicted molar refractivity (Wildman–Crippen MR) is 98.9 cm³/mol. The molecule has 2 aromatic rings. The second-order valence-electron chi connectivity index (χ2n) is 6.10. The van der Waals surface area contributed by atoms with Gasteiger partial charge in [0.25, 0.3) is 0 Å². The van der Waals surface area contributed by atoms with Crippen LogP contribution < -0.4 is 10.6 Å². The van der Waals surface area contributed by atoms with Gasteiger partial charge in [0, 0.05) is 39.6 Å². The van der Waals surface area contributed by atoms with Crippen molar-refractivity contribution < 1.29 is 4.74 Å². The predicted octanol–water partition coefficient (Wildman–Crippen LogP) is 2.54. The van der Waals surface area contributed by atoms with E-state index in [1.807, 2.05) is 36.0 Å². The summed E-state index contributed by atoms with van der Waals surface area (Å²) in [6.45, 7) is 5.13. The number of aromatic nitrogens is 1. The highest BCUT2D eigenvalue weighted by Crippen LogP contribution is 2.03. The van der Waals surface area contributed by atoms with Gasteiger partial charge in [-0.05, 0) is 23.1 Å². The zero-order chi connectivity index (χ0) is 17.2. The van der Waals surface area contributed by atoms with Gasteiger partial charge in [-0.2, -0.15) is 0 Å². The Bertz CT molecular complexity index is 621. The van der Waals surface area contributed by atoms with E-state index in [1.54, 1.807) is 7.05 Å². The van der Waals surface area contributed by atoms with Crippen molar-refractivity contribution in [1.29, 1.82) is 0 Å². The van der Waals surface area contributed by atoms with Gasteiger partial charge in [0.1, 0.15) is 0 Å². The molecule has 0 spiro atoms. The van der Waals surface area contributed by atoms with Crippen LogP contribution >= 0.6 is 0 Å². The van der Waals surface area contributed by atoms with Crippen molar-refractivity contribution in [3.63, 3.8) is 0 Å². The van der Waals surface area contributed by atoms with Gasteiger partial charge in [-0.25, -0.2) is 0 Å². The molecule has 5 heteroatoms. The highest BCUT2D eigenvalue weighted by molar-refractivity contribution is 5.79. The van der Waals surface area contributed by atoms with E-state index in [9.17, 15) is 0 Å². The Kier molecular flexibility index (Phi) is 7.36. The highest BCUT2D eigenvalue weighted by Gasteiger charge is 2.05. The molecule has 5 nitrogen and oxygen atoms in total. The summed E-state index contributed by atoms with van der Waals surface area (Å²) in [5, 5.41) is 6.67. The molecule has 2 N–H and O–H groups in total. The number of nitrogens with zero attached hydrogens (tertiary/aromatic N) is 2. The lowest BCUT2D eigenvalue weighted by molar-refractivity contribution is 0.0931. The maximum absolute atomic E-state index is 5.78. The maximum atomic E-state index is 5.78. The lowest BCUT2D eigenvalue weighted by atomic mass is 10.2. The molecule has 1 aromatic carbocycles. The molecule has 0 bridgehead atoms. The summed E-state index contributed by atoms with van der Waals surface area (Å²) in [5.74, 6) is 1.22. The zero-order valence-corrected chi connectivity index (χ0v) is 14.8. The van der Waals surface area contributed by atoms with Crippen molar-refractivity contribution in [2.45, 2.75) is 20.1 Å². The van der Waals surface area contributed by atoms with Gasteiger partial charge in [-0.15, -0.1) is 0 Å². The van der Waals surface area contributed by atoms with Gasteiger partial charge >= 0.3 is 0 Å². The number of hydrogen-bond acceptors (Lipinski definition) is 2. The first-order chi connectivity index (χ1) is 11.7. The van der Waals surface area contributed by atoms with Crippen LogP contribution in [0.4, 0.5) is 0 Å². The SMILES string of the molecule is CN=C(NCc1ccn(C)c1)NCC(C)COCc1ccccc1. The quantitative estimate of drug-likeness (QED) is 0.578. The summed E-state index contributed by atoms with van der Waals surface area (Å²) in [6, 6.07) is 12.3. The first-order valence-electron chi connectivity index (χ1n) is 8.34. The van der Waals surface area contributed by atoms with Crippen molar-refractivity contribution >= 4 is 5.96 Å². The normalized spacial score (nSPS) is 12.9. The number of benzene rings is 1. The van der Waals surface area contributed by atoms with Crippen molar-refractivity contribution in [1.82, 2.24) is 15.2 Å². The van der Waals surface area contributed by atoms with E-state index in [0.717, 1.165) is 25.7 Å². The Labute approximate surface area is 144 Å². The monoisotopic (exact) mass is 328 g/mol. The molecule has 1 heterocycles. The summed E-state index contributed by atoms with van der Waals surface area (Å²) >= 11 is 0. The van der Waals surface area contributed by atoms with Crippen LogP contribution in [0.25, 0.3) is 0 Å². The van der Waals surface area contributed by atoms with Gasteiger partial charge in [-0.1, -0.05) is 37.3 Å². The number of aryl methyl sites for hydroxylation is 1. The second kappa shape index (κ2) is 9.78. The standard InChI is InChI=1S/C19H28N4O/c1-16(14-24-15-17-7-5-4-6-8-17)11-21-19(20-2)22-12-18-9-10-23(3)13-18/h4-10,13,16H,11-12,14-15H2,1-3H3,(H2,20,21,22). The zero-order valence-electron chi connectivity index (χ0n) is 14.8. The molecule has 0 saturated carbocycles. The summed E-state index contributed by atoms with van der Waals surface area (Å²) in [7, 11) is 3.81. The Morgan fingerprint density at radius 1 is 1.17 bits per heavy atom. The highest BCUT2D eigenvalue weighted by atomic mass is 16.5.